The van der Waals surface area contributed by atoms with Crippen LogP contribution in [0, 0.1) is 74.6 Å². The first-order chi connectivity index (χ1) is 51.7. The van der Waals surface area contributed by atoms with E-state index in [4.69, 9.17) is 63.0 Å². The van der Waals surface area contributed by atoms with Gasteiger partial charge < -0.3 is 72.2 Å². The smallest absolute Gasteiger partial charge is 0.320 e. The molecule has 0 bridgehead atoms. The van der Waals surface area contributed by atoms with Crippen molar-refractivity contribution in [1.29, 1.82) is 0 Å². The number of fused-ring (bicyclic) bond motifs is 2. The average Bonchev–Trinajstić information content (AvgIpc) is 1.61. The largest absolute Gasteiger partial charge is 0.494 e. The molecule has 0 aliphatic heterocycles. The van der Waals surface area contributed by atoms with Crippen LogP contribution in [-0.4, -0.2) is 114 Å². The number of ether oxygens (including phenoxy) is 2. The third kappa shape index (κ3) is 29.0. The van der Waals surface area contributed by atoms with E-state index in [1.54, 1.807) is 38.1 Å². The summed E-state index contributed by atoms with van der Waals surface area (Å²) >= 11 is 0. The molecule has 0 spiro atoms. The Bertz CT molecular complexity index is 4140. The molecule has 0 fully saturated rings. The van der Waals surface area contributed by atoms with Gasteiger partial charge >= 0.3 is 35.8 Å². The Balaban J connectivity index is 0.000000308. The first kappa shape index (κ1) is 88.1. The minimum absolute atomic E-state index is 0.0229. The molecule has 8 rings (SSSR count). The molecule has 0 aliphatic carbocycles. The quantitative estimate of drug-likeness (QED) is 0.00976. The highest BCUT2D eigenvalue weighted by molar-refractivity contribution is 5.92. The summed E-state index contributed by atoms with van der Waals surface area (Å²) in [7, 11) is 0. The molecule has 6 aromatic carbocycles. The highest BCUT2D eigenvalue weighted by atomic mass is 19.1. The van der Waals surface area contributed by atoms with Gasteiger partial charge in [-0.3, -0.25) is 28.8 Å². The van der Waals surface area contributed by atoms with E-state index in [0.29, 0.717) is 135 Å². The van der Waals surface area contributed by atoms with Crippen molar-refractivity contribution in [2.45, 2.75) is 194 Å². The van der Waals surface area contributed by atoms with Gasteiger partial charge in [-0.1, -0.05) is 60.8 Å². The number of benzene rings is 6. The number of aromatic nitrogens is 2. The summed E-state index contributed by atoms with van der Waals surface area (Å²) in [5.74, 6) is 7.40. The van der Waals surface area contributed by atoms with Gasteiger partial charge in [0, 0.05) is 83.2 Å². The van der Waals surface area contributed by atoms with Crippen molar-refractivity contribution in [2.75, 3.05) is 26.3 Å². The van der Waals surface area contributed by atoms with Gasteiger partial charge in [0.25, 0.3) is 0 Å². The summed E-state index contributed by atoms with van der Waals surface area (Å²) in [5.41, 5.74) is 31.2. The molecule has 108 heavy (non-hydrogen) atoms. The monoisotopic (exact) mass is 1490 g/mol. The number of hydrogen-bond donors (Lipinski definition) is 10. The van der Waals surface area contributed by atoms with Crippen molar-refractivity contribution >= 4 is 57.6 Å². The summed E-state index contributed by atoms with van der Waals surface area (Å²) in [6.07, 6.45) is 11.5. The molecule has 2 heterocycles. The van der Waals surface area contributed by atoms with Crippen LogP contribution >= 0.6 is 0 Å². The Hall–Kier alpha value is -10.5. The van der Waals surface area contributed by atoms with Gasteiger partial charge in [0.15, 0.2) is 0 Å². The first-order valence-electron chi connectivity index (χ1n) is 36.5. The summed E-state index contributed by atoms with van der Waals surface area (Å²) < 4.78 is 73.5. The Morgan fingerprint density at radius 3 is 1.09 bits per heavy atom. The van der Waals surface area contributed by atoms with Crippen LogP contribution in [0.1, 0.15) is 183 Å². The van der Waals surface area contributed by atoms with E-state index in [1.165, 1.54) is 24.3 Å². The van der Waals surface area contributed by atoms with Crippen molar-refractivity contribution in [3.05, 3.63) is 199 Å². The van der Waals surface area contributed by atoms with Crippen LogP contribution < -0.4 is 32.4 Å². The molecule has 0 amide bonds. The van der Waals surface area contributed by atoms with Crippen LogP contribution in [0.3, 0.4) is 0 Å². The van der Waals surface area contributed by atoms with E-state index in [9.17, 15) is 37.5 Å². The maximum Gasteiger partial charge on any atom is 0.320 e. The van der Waals surface area contributed by atoms with Crippen molar-refractivity contribution in [3.8, 4) is 35.2 Å². The zero-order valence-corrected chi connectivity index (χ0v) is 62.0. The fourth-order valence-electron chi connectivity index (χ4n) is 12.1. The summed E-state index contributed by atoms with van der Waals surface area (Å²) in [4.78, 5) is 64.7. The number of rotatable bonds is 38. The molecular formula is C84H102F4N6O14. The normalized spacial score (nSPS) is 11.3. The number of aliphatic carboxylic acids is 6. The Morgan fingerprint density at radius 2 is 0.759 bits per heavy atom. The zero-order valence-electron chi connectivity index (χ0n) is 62.0. The number of carboxylic acid groups (broad SMARTS) is 6. The second kappa shape index (κ2) is 46.6. The predicted octanol–water partition coefficient (Wildman–Crippen LogP) is 14.3. The standard InChI is InChI=1S/2C36H37F2NO5.2C6H14N2O2/c2*1-24-27(9-5-11-31(24)37)8-3-4-23-44-29-19-15-26(16-20-29)14-17-28-18-21-32(38)35-30(10-6-12-33(40)41)25(2)39(36(28)35)22-7-13-34(42)43;2*7-4-2-1-3-5(8)6(9)10/h2*5,9,11,15-16,18-21H,3-4,6-8,10,12-13,22-23H2,1-2H3,(H,40,41)(H,42,43);2*5H,1-4,7-8H2,(H,9,10). The Kier molecular flexibility index (Phi) is 38.0. The molecule has 24 heteroatoms. The lowest BCUT2D eigenvalue weighted by molar-refractivity contribution is -0.139. The maximum absolute atomic E-state index is 15.2. The zero-order chi connectivity index (χ0) is 79.2. The van der Waals surface area contributed by atoms with Crippen molar-refractivity contribution in [3.63, 3.8) is 0 Å². The predicted molar refractivity (Wildman–Crippen MR) is 409 cm³/mol. The molecule has 0 saturated heterocycles. The van der Waals surface area contributed by atoms with E-state index in [1.807, 2.05) is 83.6 Å². The van der Waals surface area contributed by atoms with Gasteiger partial charge in [-0.05, 0) is 262 Å². The minimum atomic E-state index is -0.933. The summed E-state index contributed by atoms with van der Waals surface area (Å²) in [5, 5.41) is 53.9. The van der Waals surface area contributed by atoms with Gasteiger partial charge in [-0.25, -0.2) is 17.6 Å². The van der Waals surface area contributed by atoms with Gasteiger partial charge in [0.05, 0.1) is 24.2 Å². The average molecular weight is 1500 g/mol. The Labute approximate surface area is 628 Å². The van der Waals surface area contributed by atoms with Crippen molar-refractivity contribution in [2.24, 2.45) is 22.9 Å². The molecule has 2 atom stereocenters. The van der Waals surface area contributed by atoms with Crippen LogP contribution in [0.5, 0.6) is 11.5 Å². The number of carboxylic acids is 6. The van der Waals surface area contributed by atoms with E-state index < -0.39 is 59.5 Å². The number of carbonyl (C=O) groups is 6. The number of hydrogen-bond acceptors (Lipinski definition) is 12. The SMILES string of the molecule is Cc1c(F)cccc1CCCCOc1ccc(C#Cc2ccc(F)c3c(CCCC(=O)O)c(C)n(CCCC(=O)O)c23)cc1.Cc1c(F)cccc1CCCCOc1ccc(C#Cc2ccc(F)c3c(CCCC(=O)O)c(C)n(CCCC(=O)O)c23)cc1.NCCCCC(N)C(=O)O.NCCCCC(N)C(=O)O. The Morgan fingerprint density at radius 1 is 0.407 bits per heavy atom. The summed E-state index contributed by atoms with van der Waals surface area (Å²) in [6.45, 7) is 10.4. The number of nitrogens with two attached hydrogens (primary N) is 4. The highest BCUT2D eigenvalue weighted by Gasteiger charge is 2.23. The molecule has 0 radical (unpaired) electrons. The molecule has 0 saturated carbocycles. The second-order valence-electron chi connectivity index (χ2n) is 26.2. The molecule has 2 unspecified atom stereocenters. The van der Waals surface area contributed by atoms with Gasteiger partial charge in [0.2, 0.25) is 0 Å². The van der Waals surface area contributed by atoms with E-state index in [2.05, 4.69) is 23.7 Å². The van der Waals surface area contributed by atoms with Gasteiger partial charge in [-0.2, -0.15) is 0 Å². The fraction of sp³-hybridized carbons (Fsp3) is 0.405. The van der Waals surface area contributed by atoms with Crippen LogP contribution in [0.15, 0.2) is 109 Å². The second-order valence-corrected chi connectivity index (χ2v) is 26.2. The topological polar surface area (TPSA) is 356 Å². The third-order valence-corrected chi connectivity index (χ3v) is 18.2. The fourth-order valence-corrected chi connectivity index (χ4v) is 12.1. The van der Waals surface area contributed by atoms with Crippen LogP contribution in [0.2, 0.25) is 0 Å². The molecule has 580 valence electrons. The first-order valence-corrected chi connectivity index (χ1v) is 36.5. The molecular weight excluding hydrogens is 1390 g/mol. The molecule has 2 aromatic heterocycles. The van der Waals surface area contributed by atoms with Crippen LogP contribution in [0.4, 0.5) is 17.6 Å². The molecule has 20 nitrogen and oxygen atoms in total. The number of halogens is 4. The van der Waals surface area contributed by atoms with Crippen LogP contribution in [0.25, 0.3) is 21.8 Å². The molecule has 8 aromatic rings. The van der Waals surface area contributed by atoms with Gasteiger partial charge in [0.1, 0.15) is 46.9 Å². The van der Waals surface area contributed by atoms with E-state index in [0.717, 1.165) is 120 Å². The number of nitrogens with zero attached hydrogens (tertiary/aromatic N) is 2. The van der Waals surface area contributed by atoms with Crippen molar-refractivity contribution in [1.82, 2.24) is 9.13 Å². The van der Waals surface area contributed by atoms with E-state index >= 15 is 8.78 Å². The number of unbranched alkanes of at least 4 members (excludes halogenated alkanes) is 4. The van der Waals surface area contributed by atoms with Crippen LogP contribution in [-0.2, 0) is 67.5 Å². The molecule has 14 N–H and O–H groups in total. The lowest BCUT2D eigenvalue weighted by Gasteiger charge is -2.09. The van der Waals surface area contributed by atoms with E-state index in [-0.39, 0.29) is 37.3 Å². The third-order valence-electron chi connectivity index (χ3n) is 18.2. The summed E-state index contributed by atoms with van der Waals surface area (Å²) in [6, 6.07) is 29.7. The minimum Gasteiger partial charge on any atom is -0.494 e. The number of aryl methyl sites for hydroxylation is 6. The van der Waals surface area contributed by atoms with Gasteiger partial charge in [-0.15, -0.1) is 0 Å². The molecule has 0 aliphatic rings. The maximum atomic E-state index is 15.2. The lowest BCUT2D eigenvalue weighted by atomic mass is 10.0. The lowest BCUT2D eigenvalue weighted by Crippen LogP contribution is -2.29. The van der Waals surface area contributed by atoms with Crippen molar-refractivity contribution < 1.29 is 86.4 Å². The highest BCUT2D eigenvalue weighted by Crippen LogP contribution is 2.35.